The fourth-order valence-corrected chi connectivity index (χ4v) is 2.51. The molecule has 0 atom stereocenters. The maximum Gasteiger partial charge on any atom is 0.338 e. The Balaban J connectivity index is 2.23. The van der Waals surface area contributed by atoms with Gasteiger partial charge < -0.3 is 14.4 Å². The van der Waals surface area contributed by atoms with Crippen molar-refractivity contribution in [2.24, 2.45) is 0 Å². The standard InChI is InChI=1S/C19H20N2O6/c1-12(22)13-6-8-18(26-4)15(9-13)11-27-19(23)14-5-7-16(20(2)3)17(10-14)21(24)25/h5-10H,11H2,1-4H3. The number of carbonyl (C=O) groups excluding carboxylic acids is 2. The van der Waals surface area contributed by atoms with Crippen molar-refractivity contribution >= 4 is 23.1 Å². The van der Waals surface area contributed by atoms with E-state index in [0.29, 0.717) is 22.6 Å². The van der Waals surface area contributed by atoms with Gasteiger partial charge in [-0.15, -0.1) is 0 Å². The highest BCUT2D eigenvalue weighted by Crippen LogP contribution is 2.28. The number of Topliss-reactive ketones (excluding diaryl/α,β-unsaturated/α-hetero) is 1. The Kier molecular flexibility index (Phi) is 6.12. The predicted molar refractivity (Wildman–Crippen MR) is 99.5 cm³/mol. The molecule has 0 spiro atoms. The van der Waals surface area contributed by atoms with Crippen LogP contribution in [0.25, 0.3) is 0 Å². The summed E-state index contributed by atoms with van der Waals surface area (Å²) in [7, 11) is 4.82. The minimum Gasteiger partial charge on any atom is -0.496 e. The number of benzene rings is 2. The number of carbonyl (C=O) groups is 2. The number of hydrogen-bond acceptors (Lipinski definition) is 7. The third kappa shape index (κ3) is 4.60. The first-order chi connectivity index (χ1) is 12.7. The van der Waals surface area contributed by atoms with Crippen molar-refractivity contribution in [3.8, 4) is 5.75 Å². The molecule has 2 aromatic rings. The molecule has 0 aliphatic heterocycles. The summed E-state index contributed by atoms with van der Waals surface area (Å²) < 4.78 is 10.5. The van der Waals surface area contributed by atoms with E-state index in [-0.39, 0.29) is 23.6 Å². The molecule has 0 aliphatic carbocycles. The van der Waals surface area contributed by atoms with Gasteiger partial charge >= 0.3 is 5.97 Å². The highest BCUT2D eigenvalue weighted by molar-refractivity contribution is 5.94. The predicted octanol–water partition coefficient (Wildman–Crippen LogP) is 3.23. The Morgan fingerprint density at radius 2 is 1.78 bits per heavy atom. The Morgan fingerprint density at radius 3 is 2.33 bits per heavy atom. The Bertz CT molecular complexity index is 892. The molecule has 2 rings (SSSR count). The highest BCUT2D eigenvalue weighted by Gasteiger charge is 2.20. The smallest absolute Gasteiger partial charge is 0.338 e. The van der Waals surface area contributed by atoms with Crippen molar-refractivity contribution in [2.75, 3.05) is 26.1 Å². The number of methoxy groups -OCH3 is 1. The molecule has 27 heavy (non-hydrogen) atoms. The number of hydrogen-bond donors (Lipinski definition) is 0. The summed E-state index contributed by atoms with van der Waals surface area (Å²) in [5, 5.41) is 11.2. The van der Waals surface area contributed by atoms with Gasteiger partial charge in [-0.25, -0.2) is 4.79 Å². The lowest BCUT2D eigenvalue weighted by molar-refractivity contribution is -0.384. The number of esters is 1. The van der Waals surface area contributed by atoms with Crippen LogP contribution in [0, 0.1) is 10.1 Å². The molecule has 0 N–H and O–H groups in total. The lowest BCUT2D eigenvalue weighted by Crippen LogP contribution is -2.12. The number of nitro benzene ring substituents is 1. The summed E-state index contributed by atoms with van der Waals surface area (Å²) in [6.45, 7) is 1.30. The molecule has 0 aromatic heterocycles. The highest BCUT2D eigenvalue weighted by atomic mass is 16.6. The Labute approximate surface area is 156 Å². The fraction of sp³-hybridized carbons (Fsp3) is 0.263. The molecule has 2 aromatic carbocycles. The summed E-state index contributed by atoms with van der Waals surface area (Å²) in [6.07, 6.45) is 0. The van der Waals surface area contributed by atoms with Crippen LogP contribution in [0.3, 0.4) is 0 Å². The molecule has 0 amide bonds. The van der Waals surface area contributed by atoms with E-state index in [2.05, 4.69) is 0 Å². The second kappa shape index (κ2) is 8.31. The normalized spacial score (nSPS) is 10.2. The second-order valence-electron chi connectivity index (χ2n) is 6.01. The van der Waals surface area contributed by atoms with Gasteiger partial charge in [-0.05, 0) is 37.3 Å². The van der Waals surface area contributed by atoms with E-state index in [1.165, 1.54) is 32.2 Å². The Morgan fingerprint density at radius 1 is 1.11 bits per heavy atom. The maximum absolute atomic E-state index is 12.3. The van der Waals surface area contributed by atoms with E-state index >= 15 is 0 Å². The number of rotatable bonds is 7. The molecule has 0 fully saturated rings. The second-order valence-corrected chi connectivity index (χ2v) is 6.01. The molecule has 0 unspecified atom stereocenters. The monoisotopic (exact) mass is 372 g/mol. The van der Waals surface area contributed by atoms with Gasteiger partial charge in [-0.3, -0.25) is 14.9 Å². The summed E-state index contributed by atoms with van der Waals surface area (Å²) in [5.74, 6) is -0.361. The lowest BCUT2D eigenvalue weighted by atomic mass is 10.1. The van der Waals surface area contributed by atoms with Crippen LogP contribution < -0.4 is 9.64 Å². The van der Waals surface area contributed by atoms with Crippen LogP contribution in [0.1, 0.15) is 33.2 Å². The average molecular weight is 372 g/mol. The van der Waals surface area contributed by atoms with Crippen molar-refractivity contribution in [3.63, 3.8) is 0 Å². The van der Waals surface area contributed by atoms with E-state index in [4.69, 9.17) is 9.47 Å². The largest absolute Gasteiger partial charge is 0.496 e. The van der Waals surface area contributed by atoms with E-state index < -0.39 is 10.9 Å². The number of nitro groups is 1. The SMILES string of the molecule is COc1ccc(C(C)=O)cc1COC(=O)c1ccc(N(C)C)c([N+](=O)[O-])c1. The zero-order valence-electron chi connectivity index (χ0n) is 15.5. The van der Waals surface area contributed by atoms with E-state index in [0.717, 1.165) is 0 Å². The van der Waals surface area contributed by atoms with Crippen LogP contribution in [-0.4, -0.2) is 37.9 Å². The van der Waals surface area contributed by atoms with Gasteiger partial charge in [-0.2, -0.15) is 0 Å². The van der Waals surface area contributed by atoms with Gasteiger partial charge in [0.1, 0.15) is 18.0 Å². The molecule has 0 bridgehead atoms. The fourth-order valence-electron chi connectivity index (χ4n) is 2.51. The minimum atomic E-state index is -0.710. The zero-order chi connectivity index (χ0) is 20.1. The molecule has 0 saturated carbocycles. The number of ketones is 1. The van der Waals surface area contributed by atoms with Gasteiger partial charge in [0, 0.05) is 31.3 Å². The molecule has 8 heteroatoms. The maximum atomic E-state index is 12.3. The van der Waals surface area contributed by atoms with Gasteiger partial charge in [0.15, 0.2) is 5.78 Å². The molecular formula is C19H20N2O6. The molecular weight excluding hydrogens is 352 g/mol. The first-order valence-electron chi connectivity index (χ1n) is 8.05. The van der Waals surface area contributed by atoms with Gasteiger partial charge in [-0.1, -0.05) is 0 Å². The molecule has 0 saturated heterocycles. The summed E-state index contributed by atoms with van der Waals surface area (Å²) in [6, 6.07) is 8.97. The first-order valence-corrected chi connectivity index (χ1v) is 8.05. The number of ether oxygens (including phenoxy) is 2. The van der Waals surface area contributed by atoms with Gasteiger partial charge in [0.25, 0.3) is 5.69 Å². The van der Waals surface area contributed by atoms with Crippen molar-refractivity contribution in [2.45, 2.75) is 13.5 Å². The minimum absolute atomic E-state index is 0.0639. The van der Waals surface area contributed by atoms with Gasteiger partial charge in [0.2, 0.25) is 0 Å². The van der Waals surface area contributed by atoms with E-state index in [1.807, 2.05) is 0 Å². The van der Waals surface area contributed by atoms with Crippen molar-refractivity contribution in [1.82, 2.24) is 0 Å². The zero-order valence-corrected chi connectivity index (χ0v) is 15.5. The molecule has 142 valence electrons. The molecule has 0 radical (unpaired) electrons. The van der Waals surface area contributed by atoms with Crippen LogP contribution in [0.2, 0.25) is 0 Å². The molecule has 8 nitrogen and oxygen atoms in total. The van der Waals surface area contributed by atoms with Crippen LogP contribution in [0.15, 0.2) is 36.4 Å². The third-order valence-corrected chi connectivity index (χ3v) is 3.94. The van der Waals surface area contributed by atoms with Crippen molar-refractivity contribution < 1.29 is 24.0 Å². The number of anilines is 1. The van der Waals surface area contributed by atoms with Crippen molar-refractivity contribution in [1.29, 1.82) is 0 Å². The van der Waals surface area contributed by atoms with Crippen LogP contribution in [-0.2, 0) is 11.3 Å². The Hall–Kier alpha value is -3.42. The lowest BCUT2D eigenvalue weighted by Gasteiger charge is -2.14. The van der Waals surface area contributed by atoms with Crippen LogP contribution in [0.5, 0.6) is 5.75 Å². The molecule has 0 heterocycles. The molecule has 0 aliphatic rings. The van der Waals surface area contributed by atoms with Gasteiger partial charge in [0.05, 0.1) is 17.6 Å². The first kappa shape index (κ1) is 19.9. The van der Waals surface area contributed by atoms with E-state index in [9.17, 15) is 19.7 Å². The summed E-state index contributed by atoms with van der Waals surface area (Å²) in [4.78, 5) is 36.1. The van der Waals surface area contributed by atoms with Crippen LogP contribution in [0.4, 0.5) is 11.4 Å². The third-order valence-electron chi connectivity index (χ3n) is 3.94. The quantitative estimate of drug-likeness (QED) is 0.318. The van der Waals surface area contributed by atoms with Crippen molar-refractivity contribution in [3.05, 3.63) is 63.2 Å². The van der Waals surface area contributed by atoms with Crippen LogP contribution >= 0.6 is 0 Å². The van der Waals surface area contributed by atoms with E-state index in [1.54, 1.807) is 37.2 Å². The number of nitrogens with zero attached hydrogens (tertiary/aromatic N) is 2. The summed E-state index contributed by atoms with van der Waals surface area (Å²) >= 11 is 0. The summed E-state index contributed by atoms with van der Waals surface area (Å²) in [5.41, 5.74) is 1.25. The average Bonchev–Trinajstić information content (AvgIpc) is 2.64. The topological polar surface area (TPSA) is 99.0 Å².